The van der Waals surface area contributed by atoms with Crippen molar-refractivity contribution >= 4 is 38.3 Å². The van der Waals surface area contributed by atoms with E-state index in [-0.39, 0.29) is 5.75 Å². The van der Waals surface area contributed by atoms with Gasteiger partial charge in [-0.2, -0.15) is 0 Å². The van der Waals surface area contributed by atoms with Crippen LogP contribution in [0.3, 0.4) is 0 Å². The standard InChI is InChI=1S/C12H20N2O3S3/c1-19(15)9-4-7-14-20(16,17)10-8-18-12-6-3-2-5-11(12)13/h2-3,5-6,14H,4,7-10,13H2,1H3. The van der Waals surface area contributed by atoms with E-state index in [2.05, 4.69) is 4.72 Å². The van der Waals surface area contributed by atoms with E-state index in [4.69, 9.17) is 5.73 Å². The van der Waals surface area contributed by atoms with Crippen LogP contribution in [0.1, 0.15) is 6.42 Å². The van der Waals surface area contributed by atoms with Crippen molar-refractivity contribution < 1.29 is 12.6 Å². The van der Waals surface area contributed by atoms with Crippen molar-refractivity contribution in [1.82, 2.24) is 4.72 Å². The molecule has 0 fully saturated rings. The highest BCUT2D eigenvalue weighted by Crippen LogP contribution is 2.24. The van der Waals surface area contributed by atoms with Crippen molar-refractivity contribution in [2.45, 2.75) is 11.3 Å². The van der Waals surface area contributed by atoms with Gasteiger partial charge in [-0.15, -0.1) is 11.8 Å². The van der Waals surface area contributed by atoms with Crippen LogP contribution in [0.4, 0.5) is 5.69 Å². The quantitative estimate of drug-likeness (QED) is 0.400. The second-order valence-electron chi connectivity index (χ2n) is 4.23. The first kappa shape index (κ1) is 17.5. The van der Waals surface area contributed by atoms with Gasteiger partial charge in [-0.3, -0.25) is 4.21 Å². The van der Waals surface area contributed by atoms with Gasteiger partial charge in [0, 0.05) is 45.7 Å². The van der Waals surface area contributed by atoms with Crippen molar-refractivity contribution in [2.24, 2.45) is 0 Å². The zero-order valence-corrected chi connectivity index (χ0v) is 13.8. The molecule has 1 atom stereocenters. The number of para-hydroxylation sites is 1. The summed E-state index contributed by atoms with van der Waals surface area (Å²) in [7, 11) is -4.15. The lowest BCUT2D eigenvalue weighted by atomic mass is 10.3. The predicted molar refractivity (Wildman–Crippen MR) is 86.9 cm³/mol. The molecule has 1 rings (SSSR count). The van der Waals surface area contributed by atoms with Crippen LogP contribution >= 0.6 is 11.8 Å². The van der Waals surface area contributed by atoms with Gasteiger partial charge >= 0.3 is 0 Å². The molecule has 1 aromatic carbocycles. The first-order valence-corrected chi connectivity index (χ1v) is 10.5. The van der Waals surface area contributed by atoms with Crippen LogP contribution in [0.15, 0.2) is 29.2 Å². The van der Waals surface area contributed by atoms with E-state index in [1.54, 1.807) is 12.3 Å². The fourth-order valence-corrected chi connectivity index (χ4v) is 4.44. The molecule has 0 aliphatic rings. The van der Waals surface area contributed by atoms with E-state index in [1.807, 2.05) is 18.2 Å². The molecule has 0 bridgehead atoms. The maximum Gasteiger partial charge on any atom is 0.212 e. The van der Waals surface area contributed by atoms with Gasteiger partial charge in [0.2, 0.25) is 10.0 Å². The Hall–Kier alpha value is -0.570. The van der Waals surface area contributed by atoms with Crippen LogP contribution < -0.4 is 10.5 Å². The molecule has 20 heavy (non-hydrogen) atoms. The highest BCUT2D eigenvalue weighted by atomic mass is 32.2. The smallest absolute Gasteiger partial charge is 0.212 e. The molecule has 0 heterocycles. The SMILES string of the molecule is CS(=O)CCCNS(=O)(=O)CCSc1ccccc1N. The highest BCUT2D eigenvalue weighted by Gasteiger charge is 2.10. The lowest BCUT2D eigenvalue weighted by Crippen LogP contribution is -2.28. The number of nitrogen functional groups attached to an aromatic ring is 1. The number of nitrogens with one attached hydrogen (secondary N) is 1. The first-order valence-electron chi connectivity index (χ1n) is 6.15. The van der Waals surface area contributed by atoms with Crippen LogP contribution in [0.25, 0.3) is 0 Å². The monoisotopic (exact) mass is 336 g/mol. The van der Waals surface area contributed by atoms with Crippen molar-refractivity contribution in [1.29, 1.82) is 0 Å². The van der Waals surface area contributed by atoms with Gasteiger partial charge in [-0.25, -0.2) is 13.1 Å². The fourth-order valence-electron chi connectivity index (χ4n) is 1.45. The molecule has 0 aliphatic carbocycles. The lowest BCUT2D eigenvalue weighted by Gasteiger charge is -2.07. The average Bonchev–Trinajstić information content (AvgIpc) is 2.37. The Morgan fingerprint density at radius 3 is 2.70 bits per heavy atom. The molecule has 0 saturated heterocycles. The van der Waals surface area contributed by atoms with Gasteiger partial charge in [0.1, 0.15) is 0 Å². The molecule has 0 saturated carbocycles. The summed E-state index contributed by atoms with van der Waals surface area (Å²) in [6, 6.07) is 7.38. The molecule has 0 radical (unpaired) electrons. The Bertz CT molecular complexity index is 547. The number of rotatable bonds is 9. The minimum absolute atomic E-state index is 0.0429. The summed E-state index contributed by atoms with van der Waals surface area (Å²) in [5.41, 5.74) is 6.44. The topological polar surface area (TPSA) is 89.3 Å². The number of hydrogen-bond acceptors (Lipinski definition) is 5. The zero-order valence-electron chi connectivity index (χ0n) is 11.4. The number of benzene rings is 1. The molecular weight excluding hydrogens is 316 g/mol. The molecule has 3 N–H and O–H groups in total. The molecule has 5 nitrogen and oxygen atoms in total. The zero-order chi connectivity index (χ0) is 15.0. The minimum Gasteiger partial charge on any atom is -0.398 e. The third kappa shape index (κ3) is 7.28. The van der Waals surface area contributed by atoms with E-state index in [0.29, 0.717) is 30.2 Å². The summed E-state index contributed by atoms with van der Waals surface area (Å²) in [5, 5.41) is 0. The molecular formula is C12H20N2O3S3. The summed E-state index contributed by atoms with van der Waals surface area (Å²) >= 11 is 1.43. The van der Waals surface area contributed by atoms with Crippen molar-refractivity contribution in [3.63, 3.8) is 0 Å². The first-order chi connectivity index (χ1) is 9.41. The summed E-state index contributed by atoms with van der Waals surface area (Å²) in [4.78, 5) is 0.893. The van der Waals surface area contributed by atoms with Crippen molar-refractivity contribution in [2.75, 3.05) is 35.8 Å². The minimum atomic E-state index is -3.27. The Balaban J connectivity index is 2.29. The maximum absolute atomic E-state index is 11.7. The second-order valence-corrected chi connectivity index (χ2v) is 8.85. The number of sulfonamides is 1. The largest absolute Gasteiger partial charge is 0.398 e. The Labute approximate surface area is 127 Å². The average molecular weight is 337 g/mol. The van der Waals surface area contributed by atoms with Crippen LogP contribution in [-0.4, -0.2) is 42.7 Å². The Kier molecular flexibility index (Phi) is 7.57. The van der Waals surface area contributed by atoms with E-state index < -0.39 is 20.8 Å². The van der Waals surface area contributed by atoms with Crippen LogP contribution in [0.2, 0.25) is 0 Å². The van der Waals surface area contributed by atoms with Gasteiger partial charge in [-0.05, 0) is 18.6 Å². The van der Waals surface area contributed by atoms with Crippen LogP contribution in [0, 0.1) is 0 Å². The molecule has 114 valence electrons. The summed E-state index contributed by atoms with van der Waals surface area (Å²) in [6.07, 6.45) is 2.19. The molecule has 1 aromatic rings. The van der Waals surface area contributed by atoms with E-state index in [1.165, 1.54) is 11.8 Å². The molecule has 0 aliphatic heterocycles. The van der Waals surface area contributed by atoms with Gasteiger partial charge in [0.15, 0.2) is 0 Å². The number of nitrogens with two attached hydrogens (primary N) is 1. The summed E-state index contributed by atoms with van der Waals surface area (Å²) in [6.45, 7) is 0.333. The van der Waals surface area contributed by atoms with E-state index in [9.17, 15) is 12.6 Å². The normalized spacial score (nSPS) is 13.2. The Morgan fingerprint density at radius 2 is 2.05 bits per heavy atom. The lowest BCUT2D eigenvalue weighted by molar-refractivity contribution is 0.582. The molecule has 0 amide bonds. The van der Waals surface area contributed by atoms with Crippen molar-refractivity contribution in [3.8, 4) is 0 Å². The second kappa shape index (κ2) is 8.66. The maximum atomic E-state index is 11.7. The van der Waals surface area contributed by atoms with E-state index >= 15 is 0 Å². The fraction of sp³-hybridized carbons (Fsp3) is 0.500. The van der Waals surface area contributed by atoms with Gasteiger partial charge < -0.3 is 5.73 Å². The molecule has 1 unspecified atom stereocenters. The van der Waals surface area contributed by atoms with Gasteiger partial charge in [0.05, 0.1) is 5.75 Å². The van der Waals surface area contributed by atoms with E-state index in [0.717, 1.165) is 4.90 Å². The van der Waals surface area contributed by atoms with Gasteiger partial charge in [0.25, 0.3) is 0 Å². The highest BCUT2D eigenvalue weighted by molar-refractivity contribution is 8.00. The van der Waals surface area contributed by atoms with Gasteiger partial charge in [-0.1, -0.05) is 12.1 Å². The summed E-state index contributed by atoms with van der Waals surface area (Å²) in [5.74, 6) is 1.00. The third-order valence-corrected chi connectivity index (χ3v) is 6.06. The van der Waals surface area contributed by atoms with Crippen molar-refractivity contribution in [3.05, 3.63) is 24.3 Å². The molecule has 0 aromatic heterocycles. The Morgan fingerprint density at radius 1 is 1.35 bits per heavy atom. The third-order valence-electron chi connectivity index (χ3n) is 2.46. The van der Waals surface area contributed by atoms with Crippen LogP contribution in [0.5, 0.6) is 0 Å². The predicted octanol–water partition coefficient (Wildman–Crippen LogP) is 1.05. The molecule has 0 spiro atoms. The van der Waals surface area contributed by atoms with Crippen LogP contribution in [-0.2, 0) is 20.8 Å². The molecule has 8 heteroatoms. The number of thioether (sulfide) groups is 1. The number of anilines is 1. The number of hydrogen-bond donors (Lipinski definition) is 2. The summed E-state index contributed by atoms with van der Waals surface area (Å²) < 4.78 is 36.8.